The maximum absolute atomic E-state index is 0. The molecule has 17 heavy (non-hydrogen) atoms. The van der Waals surface area contributed by atoms with Gasteiger partial charge in [-0.1, -0.05) is 0 Å². The van der Waals surface area contributed by atoms with Gasteiger partial charge in [-0.05, 0) is 0 Å². The van der Waals surface area contributed by atoms with Crippen LogP contribution in [0.2, 0.25) is 0 Å². The molecule has 0 amide bonds. The van der Waals surface area contributed by atoms with Crippen LogP contribution in [0.1, 0.15) is 9.99 Å². The van der Waals surface area contributed by atoms with Crippen molar-refractivity contribution >= 4 is 124 Å². The van der Waals surface area contributed by atoms with Gasteiger partial charge in [0.25, 0.3) is 0 Å². The third-order valence-corrected chi connectivity index (χ3v) is 0. The number of halogens is 10. The maximum atomic E-state index is 0. The van der Waals surface area contributed by atoms with Crippen LogP contribution >= 0.6 is 124 Å². The van der Waals surface area contributed by atoms with Crippen molar-refractivity contribution in [2.24, 2.45) is 0 Å². The van der Waals surface area contributed by atoms with E-state index in [1.807, 2.05) is 0 Å². The van der Waals surface area contributed by atoms with Gasteiger partial charge in [0.05, 0.1) is 0 Å². The standard InChI is InChI=1S/10ClH.7K.7H/h10*1H;;;;;;;;;;;;;;/q;;;;;;;;;;7*+1;7*-1. The molecule has 0 saturated carbocycles. The van der Waals surface area contributed by atoms with Gasteiger partial charge in [0, 0.05) is 0 Å². The van der Waals surface area contributed by atoms with Crippen LogP contribution in [0, 0.1) is 0 Å². The third kappa shape index (κ3) is 118. The van der Waals surface area contributed by atoms with Crippen molar-refractivity contribution in [3.63, 3.8) is 0 Å². The van der Waals surface area contributed by atoms with Gasteiger partial charge < -0.3 is 9.99 Å². The van der Waals surface area contributed by atoms with Crippen LogP contribution in [0.3, 0.4) is 0 Å². The van der Waals surface area contributed by atoms with Gasteiger partial charge in [-0.2, -0.15) is 0 Å². The van der Waals surface area contributed by atoms with E-state index in [2.05, 4.69) is 0 Å². The van der Waals surface area contributed by atoms with Gasteiger partial charge in [-0.3, -0.25) is 0 Å². The fourth-order valence-electron chi connectivity index (χ4n) is 0. The molecule has 0 saturated heterocycles. The molecule has 0 N–H and O–H groups in total. The van der Waals surface area contributed by atoms with Crippen LogP contribution < -0.4 is 360 Å². The molecular formula is H17Cl10K7. The summed E-state index contributed by atoms with van der Waals surface area (Å²) in [5, 5.41) is 0. The zero-order valence-electron chi connectivity index (χ0n) is 18.1. The fraction of sp³-hybridized carbons (Fsp3) is 0. The minimum Gasteiger partial charge on any atom is -1.00 e. The molecule has 94 valence electrons. The average Bonchev–Trinajstić information content (AvgIpc) is 0. The predicted molar refractivity (Wildman–Crippen MR) is 80.3 cm³/mol. The van der Waals surface area contributed by atoms with Crippen LogP contribution in [-0.2, 0) is 0 Å². The van der Waals surface area contributed by atoms with E-state index < -0.39 is 0 Å². The van der Waals surface area contributed by atoms with E-state index >= 15 is 0 Å². The number of rotatable bonds is 0. The molecule has 0 aromatic heterocycles. The summed E-state index contributed by atoms with van der Waals surface area (Å²) in [5.41, 5.74) is 0. The number of hydrogen-bond acceptors (Lipinski definition) is 0. The molecule has 0 nitrogen and oxygen atoms in total. The Hall–Kier alpha value is 14.4. The summed E-state index contributed by atoms with van der Waals surface area (Å²) in [6.07, 6.45) is 0. The van der Waals surface area contributed by atoms with Gasteiger partial charge in [-0.25, -0.2) is 0 Å². The zero-order valence-corrected chi connectivity index (χ0v) is 41.1. The largest absolute Gasteiger partial charge is 1.00 e. The second-order valence-corrected chi connectivity index (χ2v) is 0. The first-order valence-electron chi connectivity index (χ1n) is 0. The minimum atomic E-state index is 0. The predicted octanol–water partition coefficient (Wildman–Crippen LogP) is -16.0. The molecule has 0 aliphatic carbocycles. The summed E-state index contributed by atoms with van der Waals surface area (Å²) >= 11 is 0. The Morgan fingerprint density at radius 1 is 0.176 bits per heavy atom. The molecule has 17 heteroatoms. The molecule has 0 rings (SSSR count). The molecule has 0 unspecified atom stereocenters. The van der Waals surface area contributed by atoms with E-state index in [-0.39, 0.29) is 494 Å². The van der Waals surface area contributed by atoms with Crippen LogP contribution in [0.4, 0.5) is 0 Å². The Labute approximate surface area is 476 Å². The minimum absolute atomic E-state index is 0. The van der Waals surface area contributed by atoms with Gasteiger partial charge in [0.2, 0.25) is 0 Å². The average molecular weight is 645 g/mol. The molecule has 0 aromatic rings. The summed E-state index contributed by atoms with van der Waals surface area (Å²) in [6.45, 7) is 0. The Bertz CT molecular complexity index is 37.5. The Kier molecular flexibility index (Phi) is 1050. The van der Waals surface area contributed by atoms with Crippen molar-refractivity contribution in [3.05, 3.63) is 0 Å². The molecule has 0 fully saturated rings. The molecule has 0 spiro atoms. The van der Waals surface area contributed by atoms with Crippen molar-refractivity contribution in [1.29, 1.82) is 0 Å². The van der Waals surface area contributed by atoms with Gasteiger partial charge in [-0.15, -0.1) is 124 Å². The Morgan fingerprint density at radius 3 is 0.176 bits per heavy atom. The second-order valence-electron chi connectivity index (χ2n) is 0. The summed E-state index contributed by atoms with van der Waals surface area (Å²) in [6, 6.07) is 0. The van der Waals surface area contributed by atoms with Crippen LogP contribution in [0.5, 0.6) is 0 Å². The molecule has 0 heterocycles. The third-order valence-electron chi connectivity index (χ3n) is 0. The molecule has 0 bridgehead atoms. The topological polar surface area (TPSA) is 0 Å². The van der Waals surface area contributed by atoms with Gasteiger partial charge in [0.15, 0.2) is 0 Å². The van der Waals surface area contributed by atoms with E-state index in [4.69, 9.17) is 0 Å². The van der Waals surface area contributed by atoms with E-state index in [0.29, 0.717) is 0 Å². The van der Waals surface area contributed by atoms with E-state index in [1.54, 1.807) is 0 Å². The molecule has 0 radical (unpaired) electrons. The molecule has 0 atom stereocenters. The molecular weight excluding hydrogens is 628 g/mol. The quantitative estimate of drug-likeness (QED) is 0.230. The molecule has 0 aliphatic heterocycles. The molecule has 0 aliphatic rings. The van der Waals surface area contributed by atoms with Gasteiger partial charge in [0.1, 0.15) is 0 Å². The van der Waals surface area contributed by atoms with Crippen LogP contribution in [0.15, 0.2) is 0 Å². The smallest absolute Gasteiger partial charge is 1.00 e. The summed E-state index contributed by atoms with van der Waals surface area (Å²) in [5.74, 6) is 0. The van der Waals surface area contributed by atoms with E-state index in [0.717, 1.165) is 0 Å². The van der Waals surface area contributed by atoms with Crippen molar-refractivity contribution in [2.45, 2.75) is 0 Å². The SMILES string of the molecule is Cl.Cl.Cl.Cl.Cl.Cl.Cl.Cl.Cl.Cl.[H-].[H-].[H-].[H-].[H-].[H-].[H-].[K+].[K+].[K+].[K+].[K+].[K+].[K+]. The fourth-order valence-corrected chi connectivity index (χ4v) is 0. The van der Waals surface area contributed by atoms with Crippen LogP contribution in [0.25, 0.3) is 0 Å². The Morgan fingerprint density at radius 2 is 0.176 bits per heavy atom. The molecule has 0 aromatic carbocycles. The monoisotopic (exact) mass is 640 g/mol. The van der Waals surface area contributed by atoms with Crippen molar-refractivity contribution in [1.82, 2.24) is 0 Å². The summed E-state index contributed by atoms with van der Waals surface area (Å²) in [7, 11) is 0. The van der Waals surface area contributed by atoms with Gasteiger partial charge >= 0.3 is 360 Å². The summed E-state index contributed by atoms with van der Waals surface area (Å²) in [4.78, 5) is 0. The second kappa shape index (κ2) is 127. The summed E-state index contributed by atoms with van der Waals surface area (Å²) < 4.78 is 0. The zero-order chi connectivity index (χ0) is 0. The Balaban J connectivity index is 0. The normalized spacial score (nSPS) is 0. The first kappa shape index (κ1) is 140. The van der Waals surface area contributed by atoms with Crippen LogP contribution in [-0.4, -0.2) is 0 Å². The van der Waals surface area contributed by atoms with Crippen molar-refractivity contribution < 1.29 is 370 Å². The van der Waals surface area contributed by atoms with E-state index in [1.165, 1.54) is 0 Å². The van der Waals surface area contributed by atoms with Crippen molar-refractivity contribution in [3.8, 4) is 0 Å². The maximum Gasteiger partial charge on any atom is 1.00 e. The first-order chi connectivity index (χ1) is 0. The van der Waals surface area contributed by atoms with Crippen molar-refractivity contribution in [2.75, 3.05) is 0 Å². The van der Waals surface area contributed by atoms with E-state index in [9.17, 15) is 0 Å². The number of hydrogen-bond donors (Lipinski definition) is 0. The first-order valence-corrected chi connectivity index (χ1v) is 0.